The van der Waals surface area contributed by atoms with Gasteiger partial charge in [-0.05, 0) is 16.7 Å². The summed E-state index contributed by atoms with van der Waals surface area (Å²) in [6, 6.07) is 17.0. The Hall–Kier alpha value is -1.93. The van der Waals surface area contributed by atoms with Crippen molar-refractivity contribution in [1.82, 2.24) is 0 Å². The van der Waals surface area contributed by atoms with Crippen LogP contribution >= 0.6 is 0 Å². The van der Waals surface area contributed by atoms with Gasteiger partial charge in [0.05, 0.1) is 0 Å². The molecule has 2 rings (SSSR count). The fourth-order valence-corrected chi connectivity index (χ4v) is 1.92. The van der Waals surface area contributed by atoms with Crippen molar-refractivity contribution in [2.45, 2.75) is 18.9 Å². The Morgan fingerprint density at radius 1 is 0.944 bits per heavy atom. The van der Waals surface area contributed by atoms with Crippen molar-refractivity contribution >= 4 is 6.29 Å². The van der Waals surface area contributed by atoms with E-state index >= 15 is 0 Å². The van der Waals surface area contributed by atoms with E-state index in [4.69, 9.17) is 0 Å². The fraction of sp³-hybridized carbons (Fsp3) is 0.188. The summed E-state index contributed by atoms with van der Waals surface area (Å²) in [5, 5.41) is 10.3. The Balaban J connectivity index is 2.31. The molecule has 0 saturated heterocycles. The highest BCUT2D eigenvalue weighted by Gasteiger charge is 2.11. The molecule has 0 aliphatic rings. The topological polar surface area (TPSA) is 37.3 Å². The summed E-state index contributed by atoms with van der Waals surface area (Å²) in [5.74, 6) is -0.145. The van der Waals surface area contributed by atoms with E-state index in [9.17, 15) is 9.90 Å². The van der Waals surface area contributed by atoms with E-state index in [1.807, 2.05) is 61.5 Å². The predicted octanol–water partition coefficient (Wildman–Crippen LogP) is 3.07. The van der Waals surface area contributed by atoms with Crippen LogP contribution in [0.3, 0.4) is 0 Å². The molecule has 0 fully saturated rings. The first-order valence-electron chi connectivity index (χ1n) is 6.00. The van der Waals surface area contributed by atoms with Crippen LogP contribution in [-0.2, 0) is 4.79 Å². The summed E-state index contributed by atoms with van der Waals surface area (Å²) in [7, 11) is 0. The van der Waals surface area contributed by atoms with Crippen LogP contribution in [-0.4, -0.2) is 11.4 Å². The Labute approximate surface area is 107 Å². The molecule has 2 unspecified atom stereocenters. The van der Waals surface area contributed by atoms with Crippen LogP contribution in [0.2, 0.25) is 0 Å². The Morgan fingerprint density at radius 3 is 2.22 bits per heavy atom. The Bertz CT molecular complexity index is 520. The van der Waals surface area contributed by atoms with E-state index < -0.39 is 6.10 Å². The lowest BCUT2D eigenvalue weighted by Gasteiger charge is -2.13. The average Bonchev–Trinajstić information content (AvgIpc) is 2.46. The van der Waals surface area contributed by atoms with Crippen molar-refractivity contribution < 1.29 is 9.90 Å². The van der Waals surface area contributed by atoms with Crippen molar-refractivity contribution in [3.8, 4) is 0 Å². The lowest BCUT2D eigenvalue weighted by atomic mass is 9.95. The van der Waals surface area contributed by atoms with Gasteiger partial charge in [-0.25, -0.2) is 0 Å². The first-order valence-corrected chi connectivity index (χ1v) is 6.00. The molecule has 0 aromatic heterocycles. The van der Waals surface area contributed by atoms with E-state index in [0.717, 1.165) is 23.0 Å². The lowest BCUT2D eigenvalue weighted by molar-refractivity contribution is -0.108. The summed E-state index contributed by atoms with van der Waals surface area (Å²) in [5.41, 5.74) is 2.60. The molecule has 2 nitrogen and oxygen atoms in total. The van der Waals surface area contributed by atoms with E-state index in [2.05, 4.69) is 0 Å². The minimum atomic E-state index is -0.648. The van der Waals surface area contributed by atoms with Crippen molar-refractivity contribution in [3.63, 3.8) is 0 Å². The van der Waals surface area contributed by atoms with Crippen LogP contribution in [0, 0.1) is 0 Å². The van der Waals surface area contributed by atoms with Crippen LogP contribution in [0.15, 0.2) is 54.6 Å². The summed E-state index contributed by atoms with van der Waals surface area (Å²) in [6.45, 7) is 1.85. The normalized spacial score (nSPS) is 13.9. The number of aliphatic hydroxyl groups excluding tert-OH is 1. The molecule has 0 radical (unpaired) electrons. The van der Waals surface area contributed by atoms with Gasteiger partial charge in [-0.3, -0.25) is 0 Å². The van der Waals surface area contributed by atoms with Gasteiger partial charge in [0.15, 0.2) is 0 Å². The third-order valence-corrected chi connectivity index (χ3v) is 3.07. The molecule has 0 spiro atoms. The predicted molar refractivity (Wildman–Crippen MR) is 71.4 cm³/mol. The molecular formula is C16H16O2. The maximum absolute atomic E-state index is 10.8. The second-order valence-corrected chi connectivity index (χ2v) is 4.41. The van der Waals surface area contributed by atoms with Gasteiger partial charge in [-0.1, -0.05) is 61.5 Å². The van der Waals surface area contributed by atoms with Gasteiger partial charge in [0.25, 0.3) is 0 Å². The summed E-state index contributed by atoms with van der Waals surface area (Å²) < 4.78 is 0. The Morgan fingerprint density at radius 2 is 1.56 bits per heavy atom. The fourth-order valence-electron chi connectivity index (χ4n) is 1.92. The standard InChI is InChI=1S/C16H16O2/c1-12(11-17)14-8-5-9-15(10-14)16(18)13-6-3-2-4-7-13/h2-12,16,18H,1H3. The molecule has 0 aliphatic heterocycles. The van der Waals surface area contributed by atoms with E-state index in [-0.39, 0.29) is 5.92 Å². The highest BCUT2D eigenvalue weighted by atomic mass is 16.3. The molecule has 0 saturated carbocycles. The van der Waals surface area contributed by atoms with Crippen LogP contribution in [0.25, 0.3) is 0 Å². The summed E-state index contributed by atoms with van der Waals surface area (Å²) >= 11 is 0. The molecule has 18 heavy (non-hydrogen) atoms. The summed E-state index contributed by atoms with van der Waals surface area (Å²) in [6.07, 6.45) is 0.263. The molecule has 0 heterocycles. The van der Waals surface area contributed by atoms with Crippen LogP contribution < -0.4 is 0 Å². The largest absolute Gasteiger partial charge is 0.384 e. The van der Waals surface area contributed by atoms with Gasteiger partial charge in [-0.15, -0.1) is 0 Å². The number of hydrogen-bond acceptors (Lipinski definition) is 2. The third kappa shape index (κ3) is 2.66. The molecule has 2 aromatic carbocycles. The van der Waals surface area contributed by atoms with Gasteiger partial charge in [0.2, 0.25) is 0 Å². The number of benzene rings is 2. The van der Waals surface area contributed by atoms with Gasteiger partial charge in [-0.2, -0.15) is 0 Å². The summed E-state index contributed by atoms with van der Waals surface area (Å²) in [4.78, 5) is 10.8. The zero-order chi connectivity index (χ0) is 13.0. The number of aldehydes is 1. The van der Waals surface area contributed by atoms with Crippen molar-refractivity contribution in [2.75, 3.05) is 0 Å². The average molecular weight is 240 g/mol. The molecule has 2 atom stereocenters. The monoisotopic (exact) mass is 240 g/mol. The smallest absolute Gasteiger partial charge is 0.127 e. The molecule has 1 N–H and O–H groups in total. The molecular weight excluding hydrogens is 224 g/mol. The number of rotatable bonds is 4. The van der Waals surface area contributed by atoms with Gasteiger partial charge in [0, 0.05) is 5.92 Å². The molecule has 2 aromatic rings. The zero-order valence-electron chi connectivity index (χ0n) is 10.3. The molecule has 0 amide bonds. The number of carbonyl (C=O) groups excluding carboxylic acids is 1. The lowest BCUT2D eigenvalue weighted by Crippen LogP contribution is -2.02. The molecule has 0 aliphatic carbocycles. The highest BCUT2D eigenvalue weighted by Crippen LogP contribution is 2.24. The number of carbonyl (C=O) groups is 1. The third-order valence-electron chi connectivity index (χ3n) is 3.07. The maximum Gasteiger partial charge on any atom is 0.127 e. The number of aliphatic hydroxyl groups is 1. The van der Waals surface area contributed by atoms with Gasteiger partial charge >= 0.3 is 0 Å². The van der Waals surface area contributed by atoms with Gasteiger partial charge < -0.3 is 9.90 Å². The molecule has 92 valence electrons. The minimum Gasteiger partial charge on any atom is -0.384 e. The van der Waals surface area contributed by atoms with Crippen molar-refractivity contribution in [1.29, 1.82) is 0 Å². The SMILES string of the molecule is CC(C=O)c1cccc(C(O)c2ccccc2)c1. The van der Waals surface area contributed by atoms with E-state index in [0.29, 0.717) is 0 Å². The minimum absolute atomic E-state index is 0.145. The second-order valence-electron chi connectivity index (χ2n) is 4.41. The number of hydrogen-bond donors (Lipinski definition) is 1. The Kier molecular flexibility index (Phi) is 3.90. The van der Waals surface area contributed by atoms with E-state index in [1.165, 1.54) is 0 Å². The first-order chi connectivity index (χ1) is 8.72. The van der Waals surface area contributed by atoms with Crippen LogP contribution in [0.4, 0.5) is 0 Å². The maximum atomic E-state index is 10.8. The zero-order valence-corrected chi connectivity index (χ0v) is 10.3. The van der Waals surface area contributed by atoms with Crippen LogP contribution in [0.5, 0.6) is 0 Å². The highest BCUT2D eigenvalue weighted by molar-refractivity contribution is 5.61. The van der Waals surface area contributed by atoms with Crippen molar-refractivity contribution in [3.05, 3.63) is 71.3 Å². The quantitative estimate of drug-likeness (QED) is 0.834. The molecule has 0 bridgehead atoms. The second kappa shape index (κ2) is 5.61. The first kappa shape index (κ1) is 12.5. The van der Waals surface area contributed by atoms with Crippen molar-refractivity contribution in [2.24, 2.45) is 0 Å². The van der Waals surface area contributed by atoms with E-state index in [1.54, 1.807) is 0 Å². The molecule has 2 heteroatoms. The van der Waals surface area contributed by atoms with Crippen LogP contribution in [0.1, 0.15) is 35.6 Å². The van der Waals surface area contributed by atoms with Gasteiger partial charge in [0.1, 0.15) is 12.4 Å².